The Morgan fingerprint density at radius 2 is 1.65 bits per heavy atom. The van der Waals surface area contributed by atoms with E-state index < -0.39 is 0 Å². The minimum absolute atomic E-state index is 0.194. The van der Waals surface area contributed by atoms with Gasteiger partial charge in [-0.15, -0.1) is 0 Å². The highest BCUT2D eigenvalue weighted by atomic mass is 16.6. The molecule has 0 aromatic rings. The summed E-state index contributed by atoms with van der Waals surface area (Å²) in [6.45, 7) is 7.70. The molecule has 0 bridgehead atoms. The number of hydrogen-bond donors (Lipinski definition) is 0. The molecule has 0 saturated heterocycles. The van der Waals surface area contributed by atoms with Crippen molar-refractivity contribution < 1.29 is 9.53 Å². The van der Waals surface area contributed by atoms with Crippen molar-refractivity contribution >= 4 is 5.97 Å². The summed E-state index contributed by atoms with van der Waals surface area (Å²) in [7, 11) is 0. The van der Waals surface area contributed by atoms with Crippen molar-refractivity contribution in [2.45, 2.75) is 96.5 Å². The number of esters is 1. The van der Waals surface area contributed by atoms with Crippen LogP contribution < -0.4 is 0 Å². The Kier molecular flexibility index (Phi) is 7.94. The van der Waals surface area contributed by atoms with Crippen LogP contribution in [-0.4, -0.2) is 11.6 Å². The van der Waals surface area contributed by atoms with Crippen molar-refractivity contribution in [3.05, 3.63) is 12.2 Å². The number of carbonyl (C=O) groups excluding carboxylic acids is 1. The molecule has 1 rings (SSSR count). The molecule has 20 heavy (non-hydrogen) atoms. The Bertz CT molecular complexity index is 299. The Balaban J connectivity index is 2.53. The van der Waals surface area contributed by atoms with Crippen LogP contribution in [-0.2, 0) is 9.53 Å². The van der Waals surface area contributed by atoms with Crippen molar-refractivity contribution in [2.75, 3.05) is 0 Å². The Labute approximate surface area is 125 Å². The first-order chi connectivity index (χ1) is 9.59. The first-order valence-corrected chi connectivity index (χ1v) is 8.48. The van der Waals surface area contributed by atoms with E-state index >= 15 is 0 Å². The van der Waals surface area contributed by atoms with Crippen molar-refractivity contribution in [1.82, 2.24) is 0 Å². The molecule has 0 amide bonds. The maximum Gasteiger partial charge on any atom is 0.333 e. The third-order valence-electron chi connectivity index (χ3n) is 4.41. The minimum Gasteiger partial charge on any atom is -0.456 e. The zero-order chi connectivity index (χ0) is 14.8. The van der Waals surface area contributed by atoms with Gasteiger partial charge in [-0.05, 0) is 45.4 Å². The van der Waals surface area contributed by atoms with Crippen molar-refractivity contribution in [3.63, 3.8) is 0 Å². The zero-order valence-corrected chi connectivity index (χ0v) is 13.5. The summed E-state index contributed by atoms with van der Waals surface area (Å²) in [5.41, 5.74) is 0.332. The lowest BCUT2D eigenvalue weighted by molar-refractivity contribution is -0.157. The van der Waals surface area contributed by atoms with Crippen LogP contribution in [0.5, 0.6) is 0 Å². The highest BCUT2D eigenvalue weighted by molar-refractivity contribution is 5.87. The lowest BCUT2D eigenvalue weighted by Crippen LogP contribution is -2.35. The standard InChI is InChI=1S/C18H32O2/c1-4-5-6-7-10-13-18(20-17(19)16(2)3)14-11-8-9-12-15-18/h2,4-15H2,1,3H3. The normalized spacial score (nSPS) is 18.3. The number of rotatable bonds is 8. The van der Waals surface area contributed by atoms with Crippen LogP contribution in [0.3, 0.4) is 0 Å². The van der Waals surface area contributed by atoms with E-state index in [4.69, 9.17) is 4.74 Å². The molecular weight excluding hydrogens is 248 g/mol. The Morgan fingerprint density at radius 3 is 2.20 bits per heavy atom. The second kappa shape index (κ2) is 9.20. The molecule has 0 radical (unpaired) electrons. The highest BCUT2D eigenvalue weighted by Crippen LogP contribution is 2.35. The Morgan fingerprint density at radius 1 is 1.05 bits per heavy atom. The van der Waals surface area contributed by atoms with Crippen molar-refractivity contribution in [3.8, 4) is 0 Å². The van der Waals surface area contributed by atoms with Crippen LogP contribution >= 0.6 is 0 Å². The van der Waals surface area contributed by atoms with Gasteiger partial charge < -0.3 is 4.74 Å². The summed E-state index contributed by atoms with van der Waals surface area (Å²) in [6, 6.07) is 0. The van der Waals surface area contributed by atoms with E-state index in [1.807, 2.05) is 0 Å². The van der Waals surface area contributed by atoms with Crippen LogP contribution in [0.2, 0.25) is 0 Å². The first kappa shape index (κ1) is 17.3. The van der Waals surface area contributed by atoms with Gasteiger partial charge in [0.2, 0.25) is 0 Å². The van der Waals surface area contributed by atoms with Gasteiger partial charge in [-0.1, -0.05) is 52.0 Å². The molecule has 0 heterocycles. The fourth-order valence-corrected chi connectivity index (χ4v) is 3.11. The van der Waals surface area contributed by atoms with Gasteiger partial charge in [0.25, 0.3) is 0 Å². The second-order valence-corrected chi connectivity index (χ2v) is 6.43. The first-order valence-electron chi connectivity index (χ1n) is 8.48. The molecule has 0 aromatic heterocycles. The monoisotopic (exact) mass is 280 g/mol. The molecule has 116 valence electrons. The fraction of sp³-hybridized carbons (Fsp3) is 0.833. The van der Waals surface area contributed by atoms with Crippen molar-refractivity contribution in [1.29, 1.82) is 0 Å². The molecule has 2 heteroatoms. The Hall–Kier alpha value is -0.790. The van der Waals surface area contributed by atoms with Crippen LogP contribution in [0, 0.1) is 0 Å². The molecule has 1 aliphatic carbocycles. The minimum atomic E-state index is -0.196. The van der Waals surface area contributed by atoms with Gasteiger partial charge in [0.1, 0.15) is 5.60 Å². The van der Waals surface area contributed by atoms with Gasteiger partial charge in [0.05, 0.1) is 0 Å². The summed E-state index contributed by atoms with van der Waals surface area (Å²) in [5.74, 6) is -0.194. The van der Waals surface area contributed by atoms with Gasteiger partial charge in [-0.3, -0.25) is 0 Å². The summed E-state index contributed by atoms with van der Waals surface area (Å²) in [4.78, 5) is 11.9. The van der Waals surface area contributed by atoms with Gasteiger partial charge in [0, 0.05) is 5.57 Å². The number of unbranched alkanes of at least 4 members (excludes halogenated alkanes) is 4. The summed E-state index contributed by atoms with van der Waals surface area (Å²) < 4.78 is 5.89. The summed E-state index contributed by atoms with van der Waals surface area (Å²) >= 11 is 0. The molecule has 0 spiro atoms. The van der Waals surface area contributed by atoms with Crippen LogP contribution in [0.4, 0.5) is 0 Å². The number of ether oxygens (including phenoxy) is 1. The van der Waals surface area contributed by atoms with E-state index in [1.165, 1.54) is 57.8 Å². The van der Waals surface area contributed by atoms with Crippen LogP contribution in [0.15, 0.2) is 12.2 Å². The summed E-state index contributed by atoms with van der Waals surface area (Å²) in [6.07, 6.45) is 14.4. The molecular formula is C18H32O2. The molecule has 2 nitrogen and oxygen atoms in total. The molecule has 1 aliphatic rings. The molecule has 0 atom stereocenters. The highest BCUT2D eigenvalue weighted by Gasteiger charge is 2.34. The van der Waals surface area contributed by atoms with Crippen molar-refractivity contribution in [2.24, 2.45) is 0 Å². The van der Waals surface area contributed by atoms with Gasteiger partial charge in [0.15, 0.2) is 0 Å². The van der Waals surface area contributed by atoms with Gasteiger partial charge >= 0.3 is 5.97 Å². The lowest BCUT2D eigenvalue weighted by atomic mass is 9.88. The molecule has 1 saturated carbocycles. The molecule has 1 fully saturated rings. The van der Waals surface area contributed by atoms with E-state index in [0.717, 1.165) is 19.3 Å². The molecule has 0 N–H and O–H groups in total. The second-order valence-electron chi connectivity index (χ2n) is 6.43. The largest absolute Gasteiger partial charge is 0.456 e. The predicted octanol–water partition coefficient (Wildman–Crippen LogP) is 5.56. The quantitative estimate of drug-likeness (QED) is 0.252. The topological polar surface area (TPSA) is 26.3 Å². The van der Waals surface area contributed by atoms with E-state index in [9.17, 15) is 4.79 Å². The molecule has 0 aromatic carbocycles. The summed E-state index contributed by atoms with van der Waals surface area (Å²) in [5, 5.41) is 0. The van der Waals surface area contributed by atoms with Gasteiger partial charge in [-0.25, -0.2) is 4.79 Å². The molecule has 0 aliphatic heterocycles. The SMILES string of the molecule is C=C(C)C(=O)OC1(CCCCCCC)CCCCCC1. The van der Waals surface area contributed by atoms with Gasteiger partial charge in [-0.2, -0.15) is 0 Å². The third-order valence-corrected chi connectivity index (χ3v) is 4.41. The maximum atomic E-state index is 11.9. The van der Waals surface area contributed by atoms with E-state index in [-0.39, 0.29) is 11.6 Å². The number of carbonyl (C=O) groups is 1. The van der Waals surface area contributed by atoms with E-state index in [0.29, 0.717) is 5.57 Å². The zero-order valence-electron chi connectivity index (χ0n) is 13.5. The fourth-order valence-electron chi connectivity index (χ4n) is 3.11. The van der Waals surface area contributed by atoms with E-state index in [1.54, 1.807) is 6.92 Å². The van der Waals surface area contributed by atoms with E-state index in [2.05, 4.69) is 13.5 Å². The average Bonchev–Trinajstić information content (AvgIpc) is 2.64. The predicted molar refractivity (Wildman–Crippen MR) is 84.7 cm³/mol. The van der Waals surface area contributed by atoms with Crippen LogP contribution in [0.1, 0.15) is 90.9 Å². The third kappa shape index (κ3) is 6.11. The smallest absolute Gasteiger partial charge is 0.333 e. The average molecular weight is 280 g/mol. The lowest BCUT2D eigenvalue weighted by Gasteiger charge is -2.33. The maximum absolute atomic E-state index is 11.9. The number of hydrogen-bond acceptors (Lipinski definition) is 2. The molecule has 0 unspecified atom stereocenters. The van der Waals surface area contributed by atoms with Crippen LogP contribution in [0.25, 0.3) is 0 Å².